The Balaban J connectivity index is 0.000000952. The molecule has 0 spiro atoms. The number of hydrogen-bond acceptors (Lipinski definition) is 4. The molecule has 0 unspecified atom stereocenters. The summed E-state index contributed by atoms with van der Waals surface area (Å²) in [5, 5.41) is 0. The Morgan fingerprint density at radius 3 is 1.11 bits per heavy atom. The molecule has 35 heavy (non-hydrogen) atoms. The highest BCUT2D eigenvalue weighted by Crippen LogP contribution is 2.28. The van der Waals surface area contributed by atoms with Gasteiger partial charge in [-0.3, -0.25) is 0 Å². The number of nitrogens with zero attached hydrogens (tertiary/aromatic N) is 1. The van der Waals surface area contributed by atoms with E-state index in [0.717, 1.165) is 0 Å². The normalized spacial score (nSPS) is 17.3. The number of likely N-dealkylation sites (tertiary alicyclic amines) is 1. The van der Waals surface area contributed by atoms with E-state index in [1.807, 2.05) is 0 Å². The lowest BCUT2D eigenvalue weighted by Gasteiger charge is -2.41. The Morgan fingerprint density at radius 2 is 0.886 bits per heavy atom. The van der Waals surface area contributed by atoms with Crippen molar-refractivity contribution < 1.29 is 75.8 Å². The SMILES string of the molecule is CCCC[N+]1(C)CCCC1.FC(F)(F)CO[B-](OCC(F)(F)F)(OCC(F)(F)F)OCC(F)(F)F. The molecule has 5 nitrogen and oxygen atoms in total. The number of quaternary nitrogens is 1. The molecule has 18 heteroatoms. The summed E-state index contributed by atoms with van der Waals surface area (Å²) in [7, 11) is 2.41. The molecule has 0 N–H and O–H groups in total. The van der Waals surface area contributed by atoms with Gasteiger partial charge in [-0.25, -0.2) is 0 Å². The maximum absolute atomic E-state index is 12.1. The minimum atomic E-state index is -5.35. The van der Waals surface area contributed by atoms with E-state index in [9.17, 15) is 52.7 Å². The summed E-state index contributed by atoms with van der Waals surface area (Å²) in [4.78, 5) is 0. The van der Waals surface area contributed by atoms with Crippen molar-refractivity contribution in [2.75, 3.05) is 53.1 Å². The highest BCUT2D eigenvalue weighted by atomic mass is 19.4. The van der Waals surface area contributed by atoms with Gasteiger partial charge in [-0.1, -0.05) is 13.3 Å². The summed E-state index contributed by atoms with van der Waals surface area (Å²) >= 11 is 0. The van der Waals surface area contributed by atoms with Crippen molar-refractivity contribution in [3.05, 3.63) is 0 Å². The van der Waals surface area contributed by atoms with Gasteiger partial charge in [0.25, 0.3) is 0 Å². The van der Waals surface area contributed by atoms with Crippen molar-refractivity contribution in [1.29, 1.82) is 0 Å². The number of halogens is 12. The smallest absolute Gasteiger partial charge is 0.512 e. The van der Waals surface area contributed by atoms with Crippen LogP contribution in [0.15, 0.2) is 0 Å². The third kappa shape index (κ3) is 18.9. The van der Waals surface area contributed by atoms with Gasteiger partial charge in [0.15, 0.2) is 0 Å². The quantitative estimate of drug-likeness (QED) is 0.187. The summed E-state index contributed by atoms with van der Waals surface area (Å²) in [5.41, 5.74) is 0. The van der Waals surface area contributed by atoms with Crippen LogP contribution < -0.4 is 0 Å². The van der Waals surface area contributed by atoms with E-state index in [0.29, 0.717) is 0 Å². The Hall–Kier alpha value is -0.975. The molecule has 0 amide bonds. The molecule has 1 fully saturated rings. The molecule has 1 saturated heterocycles. The van der Waals surface area contributed by atoms with Crippen LogP contribution >= 0.6 is 0 Å². The van der Waals surface area contributed by atoms with Gasteiger partial charge in [-0.05, 0) is 6.42 Å². The van der Waals surface area contributed by atoms with Crippen LogP contribution in [0, 0.1) is 0 Å². The molecule has 1 aliphatic rings. The van der Waals surface area contributed by atoms with Crippen molar-refractivity contribution in [1.82, 2.24) is 0 Å². The Morgan fingerprint density at radius 1 is 0.600 bits per heavy atom. The van der Waals surface area contributed by atoms with Crippen LogP contribution in [-0.4, -0.2) is 89.3 Å². The van der Waals surface area contributed by atoms with E-state index in [2.05, 4.69) is 32.6 Å². The van der Waals surface area contributed by atoms with Crippen LogP contribution in [0.5, 0.6) is 0 Å². The average molecular weight is 549 g/mol. The molecule has 0 aliphatic carbocycles. The van der Waals surface area contributed by atoms with E-state index in [-0.39, 0.29) is 0 Å². The fourth-order valence-electron chi connectivity index (χ4n) is 2.94. The van der Waals surface area contributed by atoms with E-state index in [4.69, 9.17) is 0 Å². The zero-order valence-corrected chi connectivity index (χ0v) is 19.0. The second-order valence-corrected chi connectivity index (χ2v) is 8.13. The number of rotatable bonds is 11. The molecule has 0 bridgehead atoms. The first-order chi connectivity index (χ1) is 15.6. The molecule has 212 valence electrons. The topological polar surface area (TPSA) is 36.9 Å². The molecule has 0 aromatic carbocycles. The van der Waals surface area contributed by atoms with Gasteiger partial charge in [0.2, 0.25) is 0 Å². The standard InChI is InChI=1S/C9H20N.C8H8BF12O4/c1-3-4-7-10(2)8-5-6-9-10;10-5(11,12)1-22-9(23-2-6(13,14)15,24-3-7(16,17)18)25-4-8(19,20)21/h3-9H2,1-2H3;1-4H2/q+1;-1. The van der Waals surface area contributed by atoms with E-state index in [1.54, 1.807) is 0 Å². The fraction of sp³-hybridized carbons (Fsp3) is 1.00. The van der Waals surface area contributed by atoms with Gasteiger partial charge in [0.1, 0.15) is 26.4 Å². The average Bonchev–Trinajstić information content (AvgIpc) is 3.10. The van der Waals surface area contributed by atoms with Crippen LogP contribution in [0.3, 0.4) is 0 Å². The summed E-state index contributed by atoms with van der Waals surface area (Å²) in [6.45, 7) is -8.98. The van der Waals surface area contributed by atoms with Crippen LogP contribution in [0.25, 0.3) is 0 Å². The third-order valence-electron chi connectivity index (χ3n) is 4.50. The summed E-state index contributed by atoms with van der Waals surface area (Å²) in [6.07, 6.45) is -15.7. The van der Waals surface area contributed by atoms with Gasteiger partial charge < -0.3 is 23.1 Å². The molecule has 1 heterocycles. The highest BCUT2D eigenvalue weighted by Gasteiger charge is 2.45. The molecule has 0 aromatic heterocycles. The number of hydrogen-bond donors (Lipinski definition) is 0. The van der Waals surface area contributed by atoms with E-state index in [1.165, 1.54) is 49.8 Å². The molecule has 0 aromatic rings. The van der Waals surface area contributed by atoms with Crippen molar-refractivity contribution in [2.24, 2.45) is 0 Å². The van der Waals surface area contributed by atoms with Crippen molar-refractivity contribution in [3.8, 4) is 0 Å². The van der Waals surface area contributed by atoms with Crippen LogP contribution in [-0.2, 0) is 18.6 Å². The number of alkyl halides is 12. The summed E-state index contributed by atoms with van der Waals surface area (Å²) in [6, 6.07) is 0. The minimum Gasteiger partial charge on any atom is -0.512 e. The monoisotopic (exact) mass is 549 g/mol. The highest BCUT2D eigenvalue weighted by molar-refractivity contribution is 6.53. The minimum absolute atomic E-state index is 1.36. The predicted octanol–water partition coefficient (Wildman–Crippen LogP) is 5.76. The third-order valence-corrected chi connectivity index (χ3v) is 4.50. The summed E-state index contributed by atoms with van der Waals surface area (Å²) < 4.78 is 160. The second kappa shape index (κ2) is 13.5. The van der Waals surface area contributed by atoms with Crippen molar-refractivity contribution >= 4 is 6.96 Å². The first-order valence-corrected chi connectivity index (χ1v) is 10.4. The fourth-order valence-corrected chi connectivity index (χ4v) is 2.94. The molecule has 1 aliphatic heterocycles. The van der Waals surface area contributed by atoms with Gasteiger partial charge in [0, 0.05) is 12.8 Å². The maximum Gasteiger partial charge on any atom is 0.532 e. The van der Waals surface area contributed by atoms with Gasteiger partial charge in [-0.2, -0.15) is 52.7 Å². The Bertz CT molecular complexity index is 512. The molecule has 0 radical (unpaired) electrons. The first kappa shape index (κ1) is 34.0. The Kier molecular flexibility index (Phi) is 13.2. The van der Waals surface area contributed by atoms with Crippen LogP contribution in [0.1, 0.15) is 32.6 Å². The van der Waals surface area contributed by atoms with Crippen molar-refractivity contribution in [2.45, 2.75) is 57.3 Å². The molecule has 0 saturated carbocycles. The Labute approximate surface area is 194 Å². The largest absolute Gasteiger partial charge is 0.532 e. The summed E-state index contributed by atoms with van der Waals surface area (Å²) in [5.74, 6) is 0. The van der Waals surface area contributed by atoms with E-state index >= 15 is 0 Å². The lowest BCUT2D eigenvalue weighted by Crippen LogP contribution is -2.54. The predicted molar refractivity (Wildman–Crippen MR) is 98.7 cm³/mol. The second-order valence-electron chi connectivity index (χ2n) is 8.13. The molecular formula is C17H28BF12NO4. The lowest BCUT2D eigenvalue weighted by molar-refractivity contribution is -0.897. The molecule has 1 rings (SSSR count). The van der Waals surface area contributed by atoms with Gasteiger partial charge in [0.05, 0.1) is 26.7 Å². The zero-order chi connectivity index (χ0) is 27.6. The molecule has 0 atom stereocenters. The van der Waals surface area contributed by atoms with Gasteiger partial charge in [-0.15, -0.1) is 0 Å². The lowest BCUT2D eigenvalue weighted by atomic mass is 10.0. The maximum atomic E-state index is 12.1. The zero-order valence-electron chi connectivity index (χ0n) is 19.0. The molecular weight excluding hydrogens is 521 g/mol. The van der Waals surface area contributed by atoms with E-state index < -0.39 is 58.1 Å². The number of unbranched alkanes of at least 4 members (excludes halogenated alkanes) is 1. The van der Waals surface area contributed by atoms with Crippen LogP contribution in [0.4, 0.5) is 52.7 Å². The first-order valence-electron chi connectivity index (χ1n) is 10.4. The van der Waals surface area contributed by atoms with Gasteiger partial charge >= 0.3 is 31.7 Å². The van der Waals surface area contributed by atoms with Crippen molar-refractivity contribution in [3.63, 3.8) is 0 Å². The van der Waals surface area contributed by atoms with Crippen LogP contribution in [0.2, 0.25) is 0 Å².